The molecule has 0 spiro atoms. The highest BCUT2D eigenvalue weighted by Crippen LogP contribution is 2.51. The number of thiophene rings is 1. The Balaban J connectivity index is 1.21. The smallest absolute Gasteiger partial charge is 0.134 e. The lowest BCUT2D eigenvalue weighted by Gasteiger charge is -2.25. The molecule has 0 N–H and O–H groups in total. The molecule has 0 saturated carbocycles. The van der Waals surface area contributed by atoms with Crippen molar-refractivity contribution in [3.05, 3.63) is 177 Å². The fraction of sp³-hybridized carbons (Fsp3) is 0.0769. The average Bonchev–Trinajstić information content (AvgIpc) is 3.61. The standard InChI is InChI=1S/C52H32F3IS/c53-40-21-10-22-41(54)51(40)49-36-18-7-3-14-32(36)47(33-15-4-8-19-37(33)49)38-20-9-25-45-48(38)39-28-29(26-27-44(39)57-45)46-30-12-1-5-16-34(30)50(35-17-6-2-13-31(35)46)52-42(55)23-11-24-43(52)56/h1,3-7,9-12,14-18,20-28H,2,8,13,19H2. The van der Waals surface area contributed by atoms with E-state index in [1.807, 2.05) is 24.3 Å². The van der Waals surface area contributed by atoms with Crippen molar-refractivity contribution in [3.63, 3.8) is 0 Å². The van der Waals surface area contributed by atoms with Crippen molar-refractivity contribution in [2.45, 2.75) is 25.7 Å². The summed E-state index contributed by atoms with van der Waals surface area (Å²) in [6, 6.07) is 39.4. The first-order valence-electron chi connectivity index (χ1n) is 19.3. The maximum Gasteiger partial charge on any atom is 0.134 e. The highest BCUT2D eigenvalue weighted by atomic mass is 127. The van der Waals surface area contributed by atoms with Crippen LogP contribution in [0.25, 0.3) is 98.4 Å². The summed E-state index contributed by atoms with van der Waals surface area (Å²) in [4.78, 5) is 0. The zero-order valence-corrected chi connectivity index (χ0v) is 33.6. The second kappa shape index (κ2) is 13.6. The van der Waals surface area contributed by atoms with Crippen LogP contribution in [-0.4, -0.2) is 0 Å². The third kappa shape index (κ3) is 5.31. The minimum absolute atomic E-state index is 0.0387. The van der Waals surface area contributed by atoms with Crippen LogP contribution in [-0.2, 0) is 12.8 Å². The number of rotatable bonds is 4. The van der Waals surface area contributed by atoms with Crippen molar-refractivity contribution < 1.29 is 13.2 Å². The molecule has 0 nitrogen and oxygen atoms in total. The lowest BCUT2D eigenvalue weighted by molar-refractivity contribution is 0.589. The number of halogens is 4. The van der Waals surface area contributed by atoms with Gasteiger partial charge in [-0.2, -0.15) is 0 Å². The van der Waals surface area contributed by atoms with E-state index >= 15 is 13.2 Å². The van der Waals surface area contributed by atoms with E-state index in [2.05, 4.69) is 114 Å². The quantitative estimate of drug-likeness (QED) is 0.155. The molecule has 8 aromatic carbocycles. The fourth-order valence-corrected chi connectivity index (χ4v) is 11.5. The molecule has 0 fully saturated rings. The third-order valence-corrected chi connectivity index (χ3v) is 13.9. The molecule has 0 amide bonds. The first-order valence-corrected chi connectivity index (χ1v) is 21.2. The Morgan fingerprint density at radius 1 is 0.456 bits per heavy atom. The van der Waals surface area contributed by atoms with E-state index in [1.165, 1.54) is 49.5 Å². The summed E-state index contributed by atoms with van der Waals surface area (Å²) in [5, 5.41) is 6.30. The van der Waals surface area contributed by atoms with Gasteiger partial charge in [-0.3, -0.25) is 0 Å². The number of hydrogen-bond donors (Lipinski definition) is 0. The van der Waals surface area contributed by atoms with Crippen LogP contribution in [0.1, 0.15) is 35.1 Å². The molecular formula is C52H32F3IS. The molecular weight excluding hydrogens is 841 g/mol. The Morgan fingerprint density at radius 3 is 1.70 bits per heavy atom. The van der Waals surface area contributed by atoms with Crippen LogP contribution >= 0.6 is 33.9 Å². The lowest BCUT2D eigenvalue weighted by atomic mass is 9.79. The first kappa shape index (κ1) is 34.7. The highest BCUT2D eigenvalue weighted by molar-refractivity contribution is 14.1. The Bertz CT molecular complexity index is 3200. The molecule has 11 rings (SSSR count). The van der Waals surface area contributed by atoms with Gasteiger partial charge >= 0.3 is 0 Å². The van der Waals surface area contributed by atoms with Crippen molar-refractivity contribution in [1.82, 2.24) is 0 Å². The molecule has 1 heterocycles. The van der Waals surface area contributed by atoms with Gasteiger partial charge in [-0.05, 0) is 162 Å². The molecule has 9 aromatic rings. The monoisotopic (exact) mass is 872 g/mol. The molecule has 274 valence electrons. The predicted molar refractivity (Wildman–Crippen MR) is 243 cm³/mol. The normalized spacial score (nSPS) is 13.5. The summed E-state index contributed by atoms with van der Waals surface area (Å²) in [5.74, 6) is -1.31. The summed E-state index contributed by atoms with van der Waals surface area (Å²) in [7, 11) is 0. The van der Waals surface area contributed by atoms with E-state index < -0.39 is 11.6 Å². The Labute approximate surface area is 345 Å². The SMILES string of the molecule is Fc1cccc(F)c1-c1c2c(c(-c3cccc4sc5ccc(-c6c7c(c(-c8c(F)cccc8I)c8ccccc68)C=CCC7)cc5c34)c3ccccc13)C=CCC2. The number of hydrogen-bond acceptors (Lipinski definition) is 1. The Morgan fingerprint density at radius 2 is 1.02 bits per heavy atom. The van der Waals surface area contributed by atoms with Crippen LogP contribution in [0.15, 0.2) is 133 Å². The van der Waals surface area contributed by atoms with Gasteiger partial charge in [-0.15, -0.1) is 11.3 Å². The van der Waals surface area contributed by atoms with E-state index in [0.29, 0.717) is 17.5 Å². The van der Waals surface area contributed by atoms with Crippen molar-refractivity contribution in [2.24, 2.45) is 0 Å². The second-order valence-electron chi connectivity index (χ2n) is 14.9. The van der Waals surface area contributed by atoms with Gasteiger partial charge in [-0.1, -0.05) is 103 Å². The molecule has 0 radical (unpaired) electrons. The second-order valence-corrected chi connectivity index (χ2v) is 17.2. The largest absolute Gasteiger partial charge is 0.206 e. The van der Waals surface area contributed by atoms with E-state index in [9.17, 15) is 0 Å². The average molecular weight is 873 g/mol. The van der Waals surface area contributed by atoms with Crippen LogP contribution in [0.5, 0.6) is 0 Å². The molecule has 0 atom stereocenters. The van der Waals surface area contributed by atoms with Gasteiger partial charge in [0, 0.05) is 34.9 Å². The van der Waals surface area contributed by atoms with Gasteiger partial charge in [0.25, 0.3) is 0 Å². The number of fused-ring (bicyclic) bond motifs is 7. The van der Waals surface area contributed by atoms with Crippen LogP contribution in [0.3, 0.4) is 0 Å². The maximum atomic E-state index is 15.8. The van der Waals surface area contributed by atoms with Crippen LogP contribution in [0.2, 0.25) is 0 Å². The van der Waals surface area contributed by atoms with Crippen molar-refractivity contribution in [3.8, 4) is 44.5 Å². The van der Waals surface area contributed by atoms with Gasteiger partial charge < -0.3 is 0 Å². The Kier molecular flexibility index (Phi) is 8.27. The van der Waals surface area contributed by atoms with E-state index in [4.69, 9.17) is 0 Å². The summed E-state index contributed by atoms with van der Waals surface area (Å²) in [6.07, 6.45) is 12.0. The lowest BCUT2D eigenvalue weighted by Crippen LogP contribution is -2.04. The molecule has 1 aromatic heterocycles. The van der Waals surface area contributed by atoms with Crippen molar-refractivity contribution >= 4 is 87.8 Å². The van der Waals surface area contributed by atoms with Gasteiger partial charge in [0.15, 0.2) is 0 Å². The third-order valence-electron chi connectivity index (χ3n) is 11.9. The highest BCUT2D eigenvalue weighted by Gasteiger charge is 2.28. The molecule has 57 heavy (non-hydrogen) atoms. The molecule has 2 aliphatic rings. The van der Waals surface area contributed by atoms with Gasteiger partial charge in [0.05, 0.1) is 5.56 Å². The summed E-state index contributed by atoms with van der Waals surface area (Å²) < 4.78 is 50.4. The minimum atomic E-state index is -0.551. The minimum Gasteiger partial charge on any atom is -0.206 e. The van der Waals surface area contributed by atoms with Crippen LogP contribution in [0.4, 0.5) is 13.2 Å². The number of benzene rings is 8. The van der Waals surface area contributed by atoms with Gasteiger partial charge in [0.1, 0.15) is 17.5 Å². The molecule has 2 aliphatic carbocycles. The van der Waals surface area contributed by atoms with E-state index in [-0.39, 0.29) is 11.4 Å². The van der Waals surface area contributed by atoms with Crippen molar-refractivity contribution in [2.75, 3.05) is 0 Å². The first-order chi connectivity index (χ1) is 28.0. The zero-order chi connectivity index (χ0) is 38.4. The van der Waals surface area contributed by atoms with Crippen LogP contribution < -0.4 is 0 Å². The molecule has 0 saturated heterocycles. The Hall–Kier alpha value is -5.50. The molecule has 0 bridgehead atoms. The molecule has 5 heteroatoms. The predicted octanol–water partition coefficient (Wildman–Crippen LogP) is 16.0. The molecule has 0 unspecified atom stereocenters. The van der Waals surface area contributed by atoms with Crippen LogP contribution in [0, 0.1) is 21.0 Å². The van der Waals surface area contributed by atoms with Gasteiger partial charge in [-0.25, -0.2) is 13.2 Å². The fourth-order valence-electron chi connectivity index (χ4n) is 9.61. The topological polar surface area (TPSA) is 0 Å². The summed E-state index contributed by atoms with van der Waals surface area (Å²) in [6.45, 7) is 0. The van der Waals surface area contributed by atoms with Gasteiger partial charge in [0.2, 0.25) is 0 Å². The number of allylic oxidation sites excluding steroid dienone is 2. The summed E-state index contributed by atoms with van der Waals surface area (Å²) >= 11 is 4.05. The van der Waals surface area contributed by atoms with E-state index in [0.717, 1.165) is 83.3 Å². The molecule has 0 aliphatic heterocycles. The zero-order valence-electron chi connectivity index (χ0n) is 30.6. The van der Waals surface area contributed by atoms with Crippen molar-refractivity contribution in [1.29, 1.82) is 0 Å². The van der Waals surface area contributed by atoms with E-state index in [1.54, 1.807) is 23.5 Å². The maximum absolute atomic E-state index is 15.8. The summed E-state index contributed by atoms with van der Waals surface area (Å²) in [5.41, 5.74) is 11.1.